The molecule has 3 rings (SSSR count). The van der Waals surface area contributed by atoms with Gasteiger partial charge in [-0.15, -0.1) is 0 Å². The summed E-state index contributed by atoms with van der Waals surface area (Å²) in [7, 11) is 0. The summed E-state index contributed by atoms with van der Waals surface area (Å²) in [5.41, 5.74) is 1.97. The van der Waals surface area contributed by atoms with Gasteiger partial charge in [0.1, 0.15) is 11.6 Å². The Morgan fingerprint density at radius 2 is 1.81 bits per heavy atom. The Kier molecular flexibility index (Phi) is 5.57. The fourth-order valence-electron chi connectivity index (χ4n) is 2.41. The third-order valence-electron chi connectivity index (χ3n) is 3.91. The minimum absolute atomic E-state index is 0.0565. The summed E-state index contributed by atoms with van der Waals surface area (Å²) in [4.78, 5) is 24.2. The van der Waals surface area contributed by atoms with Gasteiger partial charge in [0.05, 0.1) is 6.54 Å². The number of carbonyl (C=O) groups excluding carboxylic acids is 2. The molecule has 0 bridgehead atoms. The number of hydrogen-bond donors (Lipinski definition) is 2. The molecule has 0 aliphatic rings. The van der Waals surface area contributed by atoms with E-state index in [1.54, 1.807) is 43.3 Å². The van der Waals surface area contributed by atoms with E-state index < -0.39 is 5.91 Å². The lowest BCUT2D eigenvalue weighted by Crippen LogP contribution is -2.32. The number of benzene rings is 2. The summed E-state index contributed by atoms with van der Waals surface area (Å²) in [6, 6.07) is 14.0. The van der Waals surface area contributed by atoms with Crippen molar-refractivity contribution in [3.8, 4) is 11.3 Å². The maximum atomic E-state index is 13.0. The number of anilines is 1. The molecular formula is C20H16ClFN2O3. The molecule has 0 saturated heterocycles. The van der Waals surface area contributed by atoms with Crippen LogP contribution in [0.1, 0.15) is 16.1 Å². The molecule has 0 atom stereocenters. The van der Waals surface area contributed by atoms with Gasteiger partial charge in [-0.2, -0.15) is 0 Å². The molecule has 0 unspecified atom stereocenters. The van der Waals surface area contributed by atoms with Crippen LogP contribution in [0.4, 0.5) is 10.1 Å². The zero-order chi connectivity index (χ0) is 19.4. The molecule has 0 aliphatic carbocycles. The van der Waals surface area contributed by atoms with Crippen LogP contribution in [0.15, 0.2) is 59.0 Å². The average Bonchev–Trinajstić information content (AvgIpc) is 3.14. The Morgan fingerprint density at radius 1 is 1.07 bits per heavy atom. The molecule has 138 valence electrons. The van der Waals surface area contributed by atoms with Gasteiger partial charge >= 0.3 is 0 Å². The lowest BCUT2D eigenvalue weighted by Gasteiger charge is -2.09. The highest BCUT2D eigenvalue weighted by Gasteiger charge is 2.14. The maximum Gasteiger partial charge on any atom is 0.287 e. The molecule has 0 radical (unpaired) electrons. The van der Waals surface area contributed by atoms with Crippen molar-refractivity contribution in [3.63, 3.8) is 0 Å². The van der Waals surface area contributed by atoms with Crippen molar-refractivity contribution in [1.82, 2.24) is 5.32 Å². The van der Waals surface area contributed by atoms with E-state index >= 15 is 0 Å². The average molecular weight is 387 g/mol. The predicted molar refractivity (Wildman–Crippen MR) is 101 cm³/mol. The van der Waals surface area contributed by atoms with Crippen LogP contribution in [-0.4, -0.2) is 18.4 Å². The van der Waals surface area contributed by atoms with E-state index in [4.69, 9.17) is 16.0 Å². The molecule has 3 aromatic rings. The smallest absolute Gasteiger partial charge is 0.287 e. The molecule has 2 aromatic carbocycles. The van der Waals surface area contributed by atoms with E-state index in [1.807, 2.05) is 0 Å². The molecular weight excluding hydrogens is 371 g/mol. The molecule has 1 aromatic heterocycles. The lowest BCUT2D eigenvalue weighted by molar-refractivity contribution is -0.115. The van der Waals surface area contributed by atoms with Crippen LogP contribution in [0.3, 0.4) is 0 Å². The second-order valence-electron chi connectivity index (χ2n) is 5.81. The lowest BCUT2D eigenvalue weighted by atomic mass is 10.2. The molecule has 7 heteroatoms. The van der Waals surface area contributed by atoms with Crippen LogP contribution in [-0.2, 0) is 4.79 Å². The van der Waals surface area contributed by atoms with Crippen LogP contribution in [0.25, 0.3) is 11.3 Å². The Morgan fingerprint density at radius 3 is 2.56 bits per heavy atom. The van der Waals surface area contributed by atoms with Gasteiger partial charge < -0.3 is 15.1 Å². The van der Waals surface area contributed by atoms with E-state index in [0.29, 0.717) is 22.0 Å². The maximum absolute atomic E-state index is 13.0. The zero-order valence-electron chi connectivity index (χ0n) is 14.4. The number of carbonyl (C=O) groups is 2. The van der Waals surface area contributed by atoms with Gasteiger partial charge in [-0.3, -0.25) is 9.59 Å². The molecule has 2 amide bonds. The highest BCUT2D eigenvalue weighted by Crippen LogP contribution is 2.23. The SMILES string of the molecule is Cc1c(Cl)cccc1NC(=O)CNC(=O)c1ccc(-c2ccc(F)cc2)o1. The summed E-state index contributed by atoms with van der Waals surface area (Å²) >= 11 is 6.01. The first kappa shape index (κ1) is 18.7. The highest BCUT2D eigenvalue weighted by molar-refractivity contribution is 6.31. The van der Waals surface area contributed by atoms with E-state index in [9.17, 15) is 14.0 Å². The number of rotatable bonds is 5. The van der Waals surface area contributed by atoms with Crippen molar-refractivity contribution in [3.05, 3.63) is 76.8 Å². The Bertz CT molecular complexity index is 983. The van der Waals surface area contributed by atoms with Crippen LogP contribution in [0.5, 0.6) is 0 Å². The molecule has 2 N–H and O–H groups in total. The van der Waals surface area contributed by atoms with Crippen LogP contribution >= 0.6 is 11.6 Å². The second-order valence-corrected chi connectivity index (χ2v) is 6.22. The largest absolute Gasteiger partial charge is 0.451 e. The predicted octanol–water partition coefficient (Wildman–Crippen LogP) is 4.42. The molecule has 5 nitrogen and oxygen atoms in total. The third kappa shape index (κ3) is 4.54. The molecule has 27 heavy (non-hydrogen) atoms. The van der Waals surface area contributed by atoms with Gasteiger partial charge in [-0.25, -0.2) is 4.39 Å². The van der Waals surface area contributed by atoms with Gasteiger partial charge in [0.25, 0.3) is 5.91 Å². The van der Waals surface area contributed by atoms with Crippen LogP contribution in [0.2, 0.25) is 5.02 Å². The molecule has 0 spiro atoms. The topological polar surface area (TPSA) is 71.3 Å². The van der Waals surface area contributed by atoms with Gasteiger partial charge in [0.15, 0.2) is 5.76 Å². The summed E-state index contributed by atoms with van der Waals surface area (Å²) in [5.74, 6) is -0.787. The zero-order valence-corrected chi connectivity index (χ0v) is 15.1. The second kappa shape index (κ2) is 8.05. The fourth-order valence-corrected chi connectivity index (χ4v) is 2.59. The quantitative estimate of drug-likeness (QED) is 0.682. The van der Waals surface area contributed by atoms with Gasteiger partial charge in [-0.05, 0) is 61.0 Å². The van der Waals surface area contributed by atoms with Crippen molar-refractivity contribution in [2.24, 2.45) is 0 Å². The van der Waals surface area contributed by atoms with Crippen molar-refractivity contribution in [2.45, 2.75) is 6.92 Å². The summed E-state index contributed by atoms with van der Waals surface area (Å²) in [6.45, 7) is 1.56. The van der Waals surface area contributed by atoms with Gasteiger partial charge in [0.2, 0.25) is 5.91 Å². The Hall–Kier alpha value is -3.12. The minimum atomic E-state index is -0.527. The van der Waals surface area contributed by atoms with Crippen molar-refractivity contribution in [1.29, 1.82) is 0 Å². The van der Waals surface area contributed by atoms with Crippen LogP contribution < -0.4 is 10.6 Å². The fraction of sp³-hybridized carbons (Fsp3) is 0.100. The number of nitrogens with one attached hydrogen (secondary N) is 2. The van der Waals surface area contributed by atoms with Crippen molar-refractivity contribution in [2.75, 3.05) is 11.9 Å². The van der Waals surface area contributed by atoms with Crippen molar-refractivity contribution >= 4 is 29.1 Å². The number of furan rings is 1. The van der Waals surface area contributed by atoms with Gasteiger partial charge in [0, 0.05) is 16.3 Å². The highest BCUT2D eigenvalue weighted by atomic mass is 35.5. The first-order valence-electron chi connectivity index (χ1n) is 8.13. The first-order valence-corrected chi connectivity index (χ1v) is 8.51. The first-order chi connectivity index (χ1) is 12.9. The molecule has 0 saturated carbocycles. The number of halogens is 2. The monoisotopic (exact) mass is 386 g/mol. The summed E-state index contributed by atoms with van der Waals surface area (Å²) in [5, 5.41) is 5.72. The summed E-state index contributed by atoms with van der Waals surface area (Å²) in [6.07, 6.45) is 0. The Labute approximate surface area is 160 Å². The van der Waals surface area contributed by atoms with E-state index in [2.05, 4.69) is 10.6 Å². The van der Waals surface area contributed by atoms with E-state index in [1.165, 1.54) is 18.2 Å². The van der Waals surface area contributed by atoms with Gasteiger partial charge in [-0.1, -0.05) is 17.7 Å². The standard InChI is InChI=1S/C20H16ClFN2O3/c1-12-15(21)3-2-4-16(12)24-19(25)11-23-20(26)18-10-9-17(27-18)13-5-7-14(22)8-6-13/h2-10H,11H2,1H3,(H,23,26)(H,24,25). The third-order valence-corrected chi connectivity index (χ3v) is 4.32. The van der Waals surface area contributed by atoms with Crippen molar-refractivity contribution < 1.29 is 18.4 Å². The number of hydrogen-bond acceptors (Lipinski definition) is 3. The number of amides is 2. The molecule has 0 aliphatic heterocycles. The normalized spacial score (nSPS) is 10.5. The summed E-state index contributed by atoms with van der Waals surface area (Å²) < 4.78 is 18.4. The Balaban J connectivity index is 1.58. The molecule has 0 fully saturated rings. The minimum Gasteiger partial charge on any atom is -0.451 e. The van der Waals surface area contributed by atoms with E-state index in [-0.39, 0.29) is 24.0 Å². The molecule has 1 heterocycles. The van der Waals surface area contributed by atoms with Crippen LogP contribution in [0, 0.1) is 12.7 Å². The van der Waals surface area contributed by atoms with E-state index in [0.717, 1.165) is 5.56 Å².